The zero-order valence-electron chi connectivity index (χ0n) is 8.09. The molecule has 0 bridgehead atoms. The van der Waals surface area contributed by atoms with Gasteiger partial charge in [-0.25, -0.2) is 5.32 Å². The van der Waals surface area contributed by atoms with Crippen molar-refractivity contribution in [3.63, 3.8) is 0 Å². The van der Waals surface area contributed by atoms with Gasteiger partial charge < -0.3 is 4.74 Å². The van der Waals surface area contributed by atoms with Crippen molar-refractivity contribution in [1.82, 2.24) is 5.32 Å². The first-order chi connectivity index (χ1) is 5.93. The van der Waals surface area contributed by atoms with Gasteiger partial charge in [-0.3, -0.25) is 0 Å². The van der Waals surface area contributed by atoms with Gasteiger partial charge in [-0.05, 0) is 25.7 Å². The van der Waals surface area contributed by atoms with Crippen LogP contribution >= 0.6 is 0 Å². The van der Waals surface area contributed by atoms with Crippen LogP contribution in [0.5, 0.6) is 0 Å². The number of hydrogen-bond donors (Lipinski definition) is 0. The number of hydrogen-bond acceptors (Lipinski definition) is 1. The molecule has 1 aliphatic rings. The molecule has 1 heterocycles. The summed E-state index contributed by atoms with van der Waals surface area (Å²) in [6.45, 7) is 4.13. The molecule has 12 heavy (non-hydrogen) atoms. The van der Waals surface area contributed by atoms with Gasteiger partial charge in [0.2, 0.25) is 0 Å². The Balaban J connectivity index is 1.91. The molecule has 1 aliphatic heterocycles. The Bertz CT molecular complexity index is 100. The summed E-state index contributed by atoms with van der Waals surface area (Å²) in [6.07, 6.45) is 7.68. The van der Waals surface area contributed by atoms with E-state index < -0.39 is 0 Å². The maximum Gasteiger partial charge on any atom is 0.123 e. The lowest BCUT2D eigenvalue weighted by Gasteiger charge is -2.21. The highest BCUT2D eigenvalue weighted by molar-refractivity contribution is 4.62. The van der Waals surface area contributed by atoms with E-state index >= 15 is 0 Å². The van der Waals surface area contributed by atoms with E-state index in [0.717, 1.165) is 19.6 Å². The fourth-order valence-corrected chi connectivity index (χ4v) is 1.46. The summed E-state index contributed by atoms with van der Waals surface area (Å²) in [5.74, 6) is 0. The van der Waals surface area contributed by atoms with E-state index in [2.05, 4.69) is 12.2 Å². The first-order valence-electron chi connectivity index (χ1n) is 5.21. The van der Waals surface area contributed by atoms with Crippen LogP contribution in [0.25, 0.3) is 0 Å². The van der Waals surface area contributed by atoms with Gasteiger partial charge in [0.05, 0.1) is 0 Å². The molecule has 0 N–H and O–H groups in total. The second-order valence-electron chi connectivity index (χ2n) is 3.43. The highest BCUT2D eigenvalue weighted by atomic mass is 16.5. The molecule has 1 fully saturated rings. The zero-order chi connectivity index (χ0) is 8.65. The Hall–Kier alpha value is -0.0800. The summed E-state index contributed by atoms with van der Waals surface area (Å²) < 4.78 is 5.62. The summed E-state index contributed by atoms with van der Waals surface area (Å²) in [4.78, 5) is 0. The van der Waals surface area contributed by atoms with E-state index in [-0.39, 0.29) is 6.23 Å². The third-order valence-corrected chi connectivity index (χ3v) is 2.25. The summed E-state index contributed by atoms with van der Waals surface area (Å²) >= 11 is 0. The summed E-state index contributed by atoms with van der Waals surface area (Å²) in [7, 11) is 0. The molecule has 1 atom stereocenters. The lowest BCUT2D eigenvalue weighted by molar-refractivity contribution is 0.00780. The van der Waals surface area contributed by atoms with E-state index in [1.165, 1.54) is 32.1 Å². The zero-order valence-corrected chi connectivity index (χ0v) is 8.09. The minimum absolute atomic E-state index is 0.232. The average molecular weight is 170 g/mol. The van der Waals surface area contributed by atoms with Crippen molar-refractivity contribution in [3.05, 3.63) is 0 Å². The van der Waals surface area contributed by atoms with Crippen LogP contribution in [0, 0.1) is 0 Å². The molecule has 0 saturated carbocycles. The fraction of sp³-hybridized carbons (Fsp3) is 1.00. The van der Waals surface area contributed by atoms with Crippen LogP contribution in [0.3, 0.4) is 0 Å². The molecule has 0 aromatic rings. The maximum absolute atomic E-state index is 5.62. The van der Waals surface area contributed by atoms with Gasteiger partial charge in [-0.1, -0.05) is 19.8 Å². The molecule has 1 unspecified atom stereocenters. The van der Waals surface area contributed by atoms with E-state index in [4.69, 9.17) is 4.74 Å². The minimum atomic E-state index is 0.232. The molecule has 2 nitrogen and oxygen atoms in total. The maximum atomic E-state index is 5.62. The quantitative estimate of drug-likeness (QED) is 0.581. The lowest BCUT2D eigenvalue weighted by atomic mass is 10.1. The van der Waals surface area contributed by atoms with E-state index in [1.807, 2.05) is 0 Å². The molecular formula is C10H20NO. The summed E-state index contributed by atoms with van der Waals surface area (Å²) in [5.41, 5.74) is 0. The number of piperidine rings is 1. The molecule has 0 aromatic heterocycles. The summed E-state index contributed by atoms with van der Waals surface area (Å²) in [6, 6.07) is 0. The predicted octanol–water partition coefficient (Wildman–Crippen LogP) is 2.31. The Morgan fingerprint density at radius 2 is 2.25 bits per heavy atom. The van der Waals surface area contributed by atoms with Crippen LogP contribution in [-0.2, 0) is 4.74 Å². The molecule has 0 aromatic carbocycles. The van der Waals surface area contributed by atoms with Crippen molar-refractivity contribution in [2.24, 2.45) is 0 Å². The summed E-state index contributed by atoms with van der Waals surface area (Å²) in [5, 5.41) is 4.40. The SMILES string of the molecule is CCCCCOC1CCCC[N]1. The molecular weight excluding hydrogens is 150 g/mol. The van der Waals surface area contributed by atoms with Crippen molar-refractivity contribution in [1.29, 1.82) is 0 Å². The van der Waals surface area contributed by atoms with Crippen molar-refractivity contribution in [2.45, 2.75) is 51.7 Å². The number of ether oxygens (including phenoxy) is 1. The molecule has 1 radical (unpaired) electrons. The Labute approximate surface area is 75.7 Å². The second kappa shape index (κ2) is 6.44. The standard InChI is InChI=1S/C10H20NO/c1-2-3-6-9-12-10-7-4-5-8-11-10/h10H,2-9H2,1H3. The van der Waals surface area contributed by atoms with Crippen LogP contribution in [0.1, 0.15) is 45.4 Å². The highest BCUT2D eigenvalue weighted by Crippen LogP contribution is 2.10. The first kappa shape index (κ1) is 10.0. The van der Waals surface area contributed by atoms with Crippen molar-refractivity contribution < 1.29 is 4.74 Å². The third-order valence-electron chi connectivity index (χ3n) is 2.25. The van der Waals surface area contributed by atoms with E-state index in [1.54, 1.807) is 0 Å². The van der Waals surface area contributed by atoms with Crippen LogP contribution < -0.4 is 5.32 Å². The second-order valence-corrected chi connectivity index (χ2v) is 3.43. The normalized spacial score (nSPS) is 24.2. The molecule has 0 aliphatic carbocycles. The van der Waals surface area contributed by atoms with Crippen molar-refractivity contribution in [3.8, 4) is 0 Å². The Morgan fingerprint density at radius 1 is 1.33 bits per heavy atom. The van der Waals surface area contributed by atoms with Crippen LogP contribution in [0.4, 0.5) is 0 Å². The first-order valence-corrected chi connectivity index (χ1v) is 5.21. The fourth-order valence-electron chi connectivity index (χ4n) is 1.46. The lowest BCUT2D eigenvalue weighted by Crippen LogP contribution is -2.30. The smallest absolute Gasteiger partial charge is 0.123 e. The van der Waals surface area contributed by atoms with Gasteiger partial charge in [0.1, 0.15) is 6.23 Å². The predicted molar refractivity (Wildman–Crippen MR) is 50.1 cm³/mol. The van der Waals surface area contributed by atoms with Gasteiger partial charge in [0.25, 0.3) is 0 Å². The monoisotopic (exact) mass is 170 g/mol. The molecule has 0 amide bonds. The van der Waals surface area contributed by atoms with E-state index in [9.17, 15) is 0 Å². The molecule has 2 heteroatoms. The van der Waals surface area contributed by atoms with Gasteiger partial charge in [0.15, 0.2) is 0 Å². The number of nitrogens with zero attached hydrogens (tertiary/aromatic N) is 1. The largest absolute Gasteiger partial charge is 0.362 e. The highest BCUT2D eigenvalue weighted by Gasteiger charge is 2.12. The molecule has 1 saturated heterocycles. The molecule has 1 rings (SSSR count). The van der Waals surface area contributed by atoms with Gasteiger partial charge in [-0.2, -0.15) is 0 Å². The van der Waals surface area contributed by atoms with Gasteiger partial charge >= 0.3 is 0 Å². The third kappa shape index (κ3) is 4.07. The van der Waals surface area contributed by atoms with Gasteiger partial charge in [-0.15, -0.1) is 0 Å². The molecule has 0 spiro atoms. The van der Waals surface area contributed by atoms with Gasteiger partial charge in [0, 0.05) is 13.2 Å². The van der Waals surface area contributed by atoms with E-state index in [0.29, 0.717) is 0 Å². The number of unbranched alkanes of at least 4 members (excludes halogenated alkanes) is 2. The van der Waals surface area contributed by atoms with Crippen LogP contribution in [-0.4, -0.2) is 19.4 Å². The van der Waals surface area contributed by atoms with Crippen molar-refractivity contribution in [2.75, 3.05) is 13.2 Å². The topological polar surface area (TPSA) is 23.3 Å². The average Bonchev–Trinajstić information content (AvgIpc) is 2.14. The molecule has 71 valence electrons. The Morgan fingerprint density at radius 3 is 2.92 bits per heavy atom. The minimum Gasteiger partial charge on any atom is -0.362 e. The van der Waals surface area contributed by atoms with Crippen LogP contribution in [0.2, 0.25) is 0 Å². The number of rotatable bonds is 5. The van der Waals surface area contributed by atoms with Crippen molar-refractivity contribution >= 4 is 0 Å². The Kier molecular flexibility index (Phi) is 5.37. The van der Waals surface area contributed by atoms with Crippen LogP contribution in [0.15, 0.2) is 0 Å².